The van der Waals surface area contributed by atoms with Gasteiger partial charge in [0.25, 0.3) is 0 Å². The molecule has 0 amide bonds. The fourth-order valence-electron chi connectivity index (χ4n) is 4.94. The van der Waals surface area contributed by atoms with Gasteiger partial charge in [0.2, 0.25) is 0 Å². The minimum atomic E-state index is 0.322. The van der Waals surface area contributed by atoms with E-state index in [4.69, 9.17) is 14.2 Å². The lowest BCUT2D eigenvalue weighted by molar-refractivity contribution is 0.0159. The van der Waals surface area contributed by atoms with Crippen LogP contribution in [0.3, 0.4) is 0 Å². The zero-order chi connectivity index (χ0) is 18.6. The molecule has 148 valence electrons. The van der Waals surface area contributed by atoms with E-state index < -0.39 is 0 Å². The second-order valence-electron chi connectivity index (χ2n) is 7.98. The predicted molar refractivity (Wildman–Crippen MR) is 106 cm³/mol. The summed E-state index contributed by atoms with van der Waals surface area (Å²) >= 11 is 0. The quantitative estimate of drug-likeness (QED) is 0.711. The van der Waals surface area contributed by atoms with Gasteiger partial charge in [0.05, 0.1) is 27.4 Å². The fourth-order valence-corrected chi connectivity index (χ4v) is 4.94. The van der Waals surface area contributed by atoms with E-state index in [1.807, 2.05) is 6.07 Å². The summed E-state index contributed by atoms with van der Waals surface area (Å²) < 4.78 is 16.5. The Labute approximate surface area is 162 Å². The number of rotatable bonds is 8. The summed E-state index contributed by atoms with van der Waals surface area (Å²) in [6, 6.07) is 6.63. The van der Waals surface area contributed by atoms with Gasteiger partial charge < -0.3 is 19.5 Å². The van der Waals surface area contributed by atoms with E-state index in [-0.39, 0.29) is 0 Å². The minimum Gasteiger partial charge on any atom is -0.493 e. The van der Waals surface area contributed by atoms with Crippen LogP contribution in [0.5, 0.6) is 11.5 Å². The van der Waals surface area contributed by atoms with Gasteiger partial charge in [-0.25, -0.2) is 0 Å². The molecule has 0 radical (unpaired) electrons. The van der Waals surface area contributed by atoms with Crippen LogP contribution in [0.4, 0.5) is 0 Å². The molecule has 5 heteroatoms. The maximum absolute atomic E-state index is 5.57. The third-order valence-electron chi connectivity index (χ3n) is 6.44. The van der Waals surface area contributed by atoms with Crippen molar-refractivity contribution in [3.05, 3.63) is 35.9 Å². The van der Waals surface area contributed by atoms with Crippen molar-refractivity contribution < 1.29 is 14.2 Å². The summed E-state index contributed by atoms with van der Waals surface area (Å²) in [4.78, 5) is 2.53. The summed E-state index contributed by atoms with van der Waals surface area (Å²) in [5, 5.41) is 3.79. The topological polar surface area (TPSA) is 43.0 Å². The Bertz CT molecular complexity index is 657. The van der Waals surface area contributed by atoms with Crippen molar-refractivity contribution in [3.8, 4) is 11.5 Å². The molecule has 3 aliphatic rings. The highest BCUT2D eigenvalue weighted by molar-refractivity contribution is 5.44. The molecular formula is C22H32N2O3. The normalized spacial score (nSPS) is 28.4. The van der Waals surface area contributed by atoms with Crippen LogP contribution in [-0.2, 0) is 4.74 Å². The number of hydrogen-bond donors (Lipinski definition) is 1. The van der Waals surface area contributed by atoms with E-state index in [0.717, 1.165) is 68.6 Å². The molecule has 0 aromatic heterocycles. The lowest BCUT2D eigenvalue weighted by Gasteiger charge is -2.35. The molecule has 2 aliphatic carbocycles. The highest BCUT2D eigenvalue weighted by Gasteiger charge is 2.35. The van der Waals surface area contributed by atoms with E-state index in [1.54, 1.807) is 14.2 Å². The molecule has 5 nitrogen and oxygen atoms in total. The predicted octanol–water partition coefficient (Wildman–Crippen LogP) is 2.88. The summed E-state index contributed by atoms with van der Waals surface area (Å²) in [5.41, 5.74) is 1.27. The van der Waals surface area contributed by atoms with Crippen molar-refractivity contribution in [1.29, 1.82) is 0 Å². The van der Waals surface area contributed by atoms with Crippen molar-refractivity contribution in [2.24, 2.45) is 17.8 Å². The minimum absolute atomic E-state index is 0.322. The van der Waals surface area contributed by atoms with E-state index in [2.05, 4.69) is 34.5 Å². The second kappa shape index (κ2) is 8.63. The Hall–Kier alpha value is -1.56. The molecule has 1 aliphatic heterocycles. The lowest BCUT2D eigenvalue weighted by Crippen LogP contribution is -2.43. The van der Waals surface area contributed by atoms with Crippen LogP contribution in [0.15, 0.2) is 30.4 Å². The van der Waals surface area contributed by atoms with Crippen LogP contribution in [0.1, 0.15) is 24.4 Å². The molecule has 1 saturated carbocycles. The molecule has 1 saturated heterocycles. The molecule has 1 N–H and O–H groups in total. The maximum atomic E-state index is 5.57. The van der Waals surface area contributed by atoms with Gasteiger partial charge in [-0.1, -0.05) is 18.2 Å². The summed E-state index contributed by atoms with van der Waals surface area (Å²) in [6.45, 7) is 5.61. The number of nitrogens with one attached hydrogen (secondary N) is 1. The van der Waals surface area contributed by atoms with Crippen LogP contribution in [0.25, 0.3) is 0 Å². The molecule has 27 heavy (non-hydrogen) atoms. The number of allylic oxidation sites excluding steroid dienone is 2. The third-order valence-corrected chi connectivity index (χ3v) is 6.44. The first kappa shape index (κ1) is 18.8. The maximum Gasteiger partial charge on any atom is 0.161 e. The van der Waals surface area contributed by atoms with Crippen molar-refractivity contribution in [3.63, 3.8) is 0 Å². The number of hydrogen-bond acceptors (Lipinski definition) is 5. The largest absolute Gasteiger partial charge is 0.493 e. The SMILES string of the molecule is COc1ccc(C(CNCC2CC3C=CC2C3)N2CCOCC2)cc1OC. The standard InChI is InChI=1S/C22H32N2O3/c1-25-21-6-5-18(13-22(21)26-2)20(24-7-9-27-10-8-24)15-23-14-19-12-16-3-4-17(19)11-16/h3-6,13,16-17,19-20,23H,7-12,14-15H2,1-2H3. The van der Waals surface area contributed by atoms with E-state index in [0.29, 0.717) is 6.04 Å². The number of fused-ring (bicyclic) bond motifs is 2. The summed E-state index contributed by atoms with van der Waals surface area (Å²) in [5.74, 6) is 4.01. The second-order valence-corrected chi connectivity index (χ2v) is 7.98. The molecule has 4 unspecified atom stereocenters. The zero-order valence-corrected chi connectivity index (χ0v) is 16.5. The molecule has 4 atom stereocenters. The van der Waals surface area contributed by atoms with E-state index >= 15 is 0 Å². The van der Waals surface area contributed by atoms with Crippen molar-refractivity contribution in [2.75, 3.05) is 53.6 Å². The van der Waals surface area contributed by atoms with Gasteiger partial charge in [0, 0.05) is 25.7 Å². The van der Waals surface area contributed by atoms with Gasteiger partial charge in [0.1, 0.15) is 0 Å². The number of benzene rings is 1. The van der Waals surface area contributed by atoms with Gasteiger partial charge in [-0.15, -0.1) is 0 Å². The van der Waals surface area contributed by atoms with Crippen molar-refractivity contribution in [2.45, 2.75) is 18.9 Å². The van der Waals surface area contributed by atoms with Crippen LogP contribution >= 0.6 is 0 Å². The van der Waals surface area contributed by atoms with Gasteiger partial charge >= 0.3 is 0 Å². The van der Waals surface area contributed by atoms with Crippen molar-refractivity contribution in [1.82, 2.24) is 10.2 Å². The first-order chi connectivity index (χ1) is 13.3. The number of methoxy groups -OCH3 is 2. The Balaban J connectivity index is 1.44. The van der Waals surface area contributed by atoms with Crippen LogP contribution in [-0.4, -0.2) is 58.5 Å². The first-order valence-electron chi connectivity index (χ1n) is 10.2. The van der Waals surface area contributed by atoms with E-state index in [9.17, 15) is 0 Å². The molecule has 2 fully saturated rings. The average molecular weight is 373 g/mol. The Morgan fingerprint density at radius 2 is 1.93 bits per heavy atom. The van der Waals surface area contributed by atoms with Crippen LogP contribution in [0.2, 0.25) is 0 Å². The van der Waals surface area contributed by atoms with Gasteiger partial charge in [-0.3, -0.25) is 4.90 Å². The van der Waals surface area contributed by atoms with E-state index in [1.165, 1.54) is 18.4 Å². The Kier molecular flexibility index (Phi) is 6.01. The number of nitrogens with zero attached hydrogens (tertiary/aromatic N) is 1. The van der Waals surface area contributed by atoms with Gasteiger partial charge in [-0.05, 0) is 54.8 Å². The fraction of sp³-hybridized carbons (Fsp3) is 0.636. The van der Waals surface area contributed by atoms with Crippen LogP contribution in [0, 0.1) is 17.8 Å². The molecule has 0 spiro atoms. The number of morpholine rings is 1. The Morgan fingerprint density at radius 3 is 2.59 bits per heavy atom. The Morgan fingerprint density at radius 1 is 1.11 bits per heavy atom. The first-order valence-corrected chi connectivity index (χ1v) is 10.2. The molecular weight excluding hydrogens is 340 g/mol. The summed E-state index contributed by atoms with van der Waals surface area (Å²) in [6.07, 6.45) is 7.58. The monoisotopic (exact) mass is 372 g/mol. The molecule has 1 aromatic carbocycles. The zero-order valence-electron chi connectivity index (χ0n) is 16.5. The molecule has 1 heterocycles. The highest BCUT2D eigenvalue weighted by Crippen LogP contribution is 2.43. The summed E-state index contributed by atoms with van der Waals surface area (Å²) in [7, 11) is 3.38. The number of ether oxygens (including phenoxy) is 3. The van der Waals surface area contributed by atoms with Gasteiger partial charge in [-0.2, -0.15) is 0 Å². The smallest absolute Gasteiger partial charge is 0.161 e. The lowest BCUT2D eigenvalue weighted by atomic mass is 9.93. The van der Waals surface area contributed by atoms with Crippen molar-refractivity contribution >= 4 is 0 Å². The third kappa shape index (κ3) is 4.15. The molecule has 4 rings (SSSR count). The highest BCUT2D eigenvalue weighted by atomic mass is 16.5. The average Bonchev–Trinajstić information content (AvgIpc) is 3.35. The molecule has 2 bridgehead atoms. The van der Waals surface area contributed by atoms with Gasteiger partial charge in [0.15, 0.2) is 11.5 Å². The van der Waals surface area contributed by atoms with Crippen LogP contribution < -0.4 is 14.8 Å². The molecule has 1 aromatic rings.